The average molecular weight is 243 g/mol. The molecule has 2 heterocycles. The lowest BCUT2D eigenvalue weighted by atomic mass is 10.5. The number of thiophene rings is 1. The number of hydrogen-bond donors (Lipinski definition) is 1. The van der Waals surface area contributed by atoms with E-state index in [4.69, 9.17) is 11.6 Å². The zero-order valence-corrected chi connectivity index (χ0v) is 9.85. The van der Waals surface area contributed by atoms with E-state index in [9.17, 15) is 0 Å². The van der Waals surface area contributed by atoms with Gasteiger partial charge in [0.15, 0.2) is 5.82 Å². The summed E-state index contributed by atoms with van der Waals surface area (Å²) in [6.45, 7) is 1.42. The Morgan fingerprint density at radius 1 is 1.53 bits per heavy atom. The lowest BCUT2D eigenvalue weighted by molar-refractivity contribution is 0.664. The Morgan fingerprint density at radius 3 is 3.07 bits per heavy atom. The predicted octanol–water partition coefficient (Wildman–Crippen LogP) is 1.76. The van der Waals surface area contributed by atoms with E-state index < -0.39 is 0 Å². The second-order valence-corrected chi connectivity index (χ2v) is 4.89. The molecule has 6 heteroatoms. The van der Waals surface area contributed by atoms with Crippen molar-refractivity contribution in [3.8, 4) is 0 Å². The molecule has 0 atom stereocenters. The molecule has 2 rings (SSSR count). The van der Waals surface area contributed by atoms with Crippen LogP contribution in [0.5, 0.6) is 0 Å². The van der Waals surface area contributed by atoms with Gasteiger partial charge in [-0.15, -0.1) is 11.3 Å². The van der Waals surface area contributed by atoms with Crippen LogP contribution in [-0.2, 0) is 13.1 Å². The summed E-state index contributed by atoms with van der Waals surface area (Å²) in [6, 6.07) is 3.90. The Morgan fingerprint density at radius 2 is 2.40 bits per heavy atom. The zero-order chi connectivity index (χ0) is 10.7. The Balaban J connectivity index is 2.04. The molecular weight excluding hydrogens is 232 g/mol. The molecule has 4 nitrogen and oxygen atoms in total. The van der Waals surface area contributed by atoms with Crippen LogP contribution in [-0.4, -0.2) is 21.8 Å². The van der Waals surface area contributed by atoms with Gasteiger partial charge < -0.3 is 5.32 Å². The molecule has 80 valence electrons. The van der Waals surface area contributed by atoms with Crippen LogP contribution in [0.4, 0.5) is 0 Å². The molecule has 0 spiro atoms. The van der Waals surface area contributed by atoms with Gasteiger partial charge >= 0.3 is 0 Å². The van der Waals surface area contributed by atoms with Gasteiger partial charge in [0.2, 0.25) is 0 Å². The maximum absolute atomic E-state index is 5.84. The Bertz CT molecular complexity index is 437. The van der Waals surface area contributed by atoms with Crippen molar-refractivity contribution in [2.24, 2.45) is 0 Å². The second kappa shape index (κ2) is 4.74. The molecule has 0 saturated heterocycles. The van der Waals surface area contributed by atoms with Gasteiger partial charge in [-0.3, -0.25) is 0 Å². The number of nitrogens with zero attached hydrogens (tertiary/aromatic N) is 3. The van der Waals surface area contributed by atoms with Crippen molar-refractivity contribution < 1.29 is 0 Å². The van der Waals surface area contributed by atoms with E-state index in [-0.39, 0.29) is 0 Å². The highest BCUT2D eigenvalue weighted by atomic mass is 35.5. The van der Waals surface area contributed by atoms with Gasteiger partial charge in [0.25, 0.3) is 0 Å². The van der Waals surface area contributed by atoms with E-state index in [2.05, 4.69) is 15.4 Å². The van der Waals surface area contributed by atoms with E-state index in [0.29, 0.717) is 6.54 Å². The van der Waals surface area contributed by atoms with Crippen LogP contribution in [0.25, 0.3) is 0 Å². The first-order valence-electron chi connectivity index (χ1n) is 4.55. The van der Waals surface area contributed by atoms with E-state index in [0.717, 1.165) is 16.7 Å². The standard InChI is InChI=1S/C9H11ClN4S/c1-11-4-9-12-6-14(13-9)5-7-2-3-8(10)15-7/h2-3,6,11H,4-5H2,1H3. The molecular formula is C9H11ClN4S. The smallest absolute Gasteiger partial charge is 0.164 e. The maximum atomic E-state index is 5.84. The lowest BCUT2D eigenvalue weighted by Crippen LogP contribution is -2.07. The minimum Gasteiger partial charge on any atom is -0.313 e. The van der Waals surface area contributed by atoms with Crippen molar-refractivity contribution in [2.75, 3.05) is 7.05 Å². The first-order chi connectivity index (χ1) is 7.28. The molecule has 0 aliphatic carbocycles. The average Bonchev–Trinajstić information content (AvgIpc) is 2.78. The SMILES string of the molecule is CNCc1ncn(Cc2ccc(Cl)s2)n1. The number of aromatic nitrogens is 3. The summed E-state index contributed by atoms with van der Waals surface area (Å²) in [5.41, 5.74) is 0. The minimum atomic E-state index is 0.693. The highest BCUT2D eigenvalue weighted by Gasteiger charge is 2.02. The summed E-state index contributed by atoms with van der Waals surface area (Å²) in [4.78, 5) is 5.35. The van der Waals surface area contributed by atoms with Crippen LogP contribution in [0.2, 0.25) is 4.34 Å². The van der Waals surface area contributed by atoms with Crippen molar-refractivity contribution in [3.63, 3.8) is 0 Å². The Hall–Kier alpha value is -0.910. The van der Waals surface area contributed by atoms with E-state index in [1.54, 1.807) is 17.7 Å². The molecule has 0 bridgehead atoms. The Kier molecular flexibility index (Phi) is 3.35. The van der Waals surface area contributed by atoms with Crippen LogP contribution in [0, 0.1) is 0 Å². The summed E-state index contributed by atoms with van der Waals surface area (Å²) in [5, 5.41) is 7.32. The monoisotopic (exact) mass is 242 g/mol. The largest absolute Gasteiger partial charge is 0.313 e. The van der Waals surface area contributed by atoms with Crippen LogP contribution in [0.3, 0.4) is 0 Å². The fourth-order valence-corrected chi connectivity index (χ4v) is 2.32. The topological polar surface area (TPSA) is 42.7 Å². The fourth-order valence-electron chi connectivity index (χ4n) is 1.24. The van der Waals surface area contributed by atoms with Gasteiger partial charge in [0.05, 0.1) is 17.4 Å². The molecule has 0 fully saturated rings. The summed E-state index contributed by atoms with van der Waals surface area (Å²) < 4.78 is 2.62. The van der Waals surface area contributed by atoms with Crippen molar-refractivity contribution in [1.29, 1.82) is 0 Å². The normalized spacial score (nSPS) is 10.8. The molecule has 1 N–H and O–H groups in total. The number of hydrogen-bond acceptors (Lipinski definition) is 4. The van der Waals surface area contributed by atoms with E-state index in [1.807, 2.05) is 23.9 Å². The molecule has 2 aromatic rings. The Labute approximate surface area is 96.9 Å². The zero-order valence-electron chi connectivity index (χ0n) is 8.27. The molecule has 0 aromatic carbocycles. The summed E-state index contributed by atoms with van der Waals surface area (Å²) in [6.07, 6.45) is 1.74. The fraction of sp³-hybridized carbons (Fsp3) is 0.333. The molecule has 0 saturated carbocycles. The van der Waals surface area contributed by atoms with Crippen LogP contribution in [0.1, 0.15) is 10.7 Å². The molecule has 0 radical (unpaired) electrons. The third-order valence-electron chi connectivity index (χ3n) is 1.87. The van der Waals surface area contributed by atoms with Gasteiger partial charge in [-0.25, -0.2) is 9.67 Å². The van der Waals surface area contributed by atoms with E-state index in [1.165, 1.54) is 4.88 Å². The molecule has 15 heavy (non-hydrogen) atoms. The van der Waals surface area contributed by atoms with Gasteiger partial charge in [-0.2, -0.15) is 5.10 Å². The first-order valence-corrected chi connectivity index (χ1v) is 5.74. The number of halogens is 1. The third-order valence-corrected chi connectivity index (χ3v) is 3.08. The van der Waals surface area contributed by atoms with Gasteiger partial charge in [0, 0.05) is 4.88 Å². The maximum Gasteiger partial charge on any atom is 0.164 e. The third kappa shape index (κ3) is 2.77. The predicted molar refractivity (Wildman–Crippen MR) is 61.2 cm³/mol. The highest BCUT2D eigenvalue weighted by Crippen LogP contribution is 2.21. The van der Waals surface area contributed by atoms with Gasteiger partial charge in [0.1, 0.15) is 6.33 Å². The first kappa shape index (κ1) is 10.6. The van der Waals surface area contributed by atoms with Crippen molar-refractivity contribution in [2.45, 2.75) is 13.1 Å². The molecule has 0 unspecified atom stereocenters. The van der Waals surface area contributed by atoms with Crippen molar-refractivity contribution in [3.05, 3.63) is 33.5 Å². The van der Waals surface area contributed by atoms with Crippen LogP contribution < -0.4 is 5.32 Å². The molecule has 0 aliphatic rings. The molecule has 2 aromatic heterocycles. The summed E-state index contributed by atoms with van der Waals surface area (Å²) >= 11 is 7.41. The van der Waals surface area contributed by atoms with Crippen molar-refractivity contribution >= 4 is 22.9 Å². The summed E-state index contributed by atoms with van der Waals surface area (Å²) in [7, 11) is 1.87. The number of nitrogens with one attached hydrogen (secondary N) is 1. The van der Waals surface area contributed by atoms with Crippen LogP contribution >= 0.6 is 22.9 Å². The van der Waals surface area contributed by atoms with Crippen molar-refractivity contribution in [1.82, 2.24) is 20.1 Å². The quantitative estimate of drug-likeness (QED) is 0.889. The molecule has 0 aliphatic heterocycles. The van der Waals surface area contributed by atoms with Gasteiger partial charge in [-0.05, 0) is 19.2 Å². The minimum absolute atomic E-state index is 0.693. The highest BCUT2D eigenvalue weighted by molar-refractivity contribution is 7.16. The number of rotatable bonds is 4. The summed E-state index contributed by atoms with van der Waals surface area (Å²) in [5.74, 6) is 0.806. The lowest BCUT2D eigenvalue weighted by Gasteiger charge is -1.96. The van der Waals surface area contributed by atoms with Crippen LogP contribution in [0.15, 0.2) is 18.5 Å². The van der Waals surface area contributed by atoms with Gasteiger partial charge in [-0.1, -0.05) is 11.6 Å². The second-order valence-electron chi connectivity index (χ2n) is 3.09. The van der Waals surface area contributed by atoms with E-state index >= 15 is 0 Å². The molecule has 0 amide bonds.